The lowest BCUT2D eigenvalue weighted by atomic mass is 10.1. The van der Waals surface area contributed by atoms with Gasteiger partial charge in [0, 0.05) is 31.2 Å². The molecule has 0 bridgehead atoms. The fourth-order valence-electron chi connectivity index (χ4n) is 2.73. The predicted molar refractivity (Wildman–Crippen MR) is 112 cm³/mol. The highest BCUT2D eigenvalue weighted by Gasteiger charge is 2.12. The molecule has 1 heterocycles. The van der Waals surface area contributed by atoms with Crippen molar-refractivity contribution < 1.29 is 0 Å². The summed E-state index contributed by atoms with van der Waals surface area (Å²) in [6.07, 6.45) is 3.63. The molecule has 0 fully saturated rings. The Morgan fingerprint density at radius 3 is 2.15 bits per heavy atom. The molecule has 4 heteroatoms. The number of rotatable bonds is 5. The number of nitrogens with zero attached hydrogens (tertiary/aromatic N) is 2. The third-order valence-corrected chi connectivity index (χ3v) is 4.65. The summed E-state index contributed by atoms with van der Waals surface area (Å²) < 4.78 is 0. The van der Waals surface area contributed by atoms with Crippen LogP contribution in [0, 0.1) is 13.8 Å². The number of thiocarbonyl (C=S) groups is 1. The minimum Gasteiger partial charge on any atom is -0.340 e. The fourth-order valence-corrected chi connectivity index (χ4v) is 2.97. The Morgan fingerprint density at radius 1 is 0.885 bits per heavy atom. The van der Waals surface area contributed by atoms with Gasteiger partial charge in [0.05, 0.1) is 0 Å². The van der Waals surface area contributed by atoms with E-state index in [1.165, 1.54) is 22.3 Å². The Bertz CT molecular complexity index is 860. The summed E-state index contributed by atoms with van der Waals surface area (Å²) in [5.41, 5.74) is 5.89. The highest BCUT2D eigenvalue weighted by Crippen LogP contribution is 2.17. The molecule has 26 heavy (non-hydrogen) atoms. The summed E-state index contributed by atoms with van der Waals surface area (Å²) in [5.74, 6) is 0. The zero-order valence-corrected chi connectivity index (χ0v) is 16.0. The van der Waals surface area contributed by atoms with E-state index in [-0.39, 0.29) is 0 Å². The van der Waals surface area contributed by atoms with Crippen LogP contribution in [-0.4, -0.2) is 15.0 Å². The molecule has 0 unspecified atom stereocenters. The second-order valence-corrected chi connectivity index (χ2v) is 6.83. The molecule has 0 aliphatic rings. The number of pyridine rings is 1. The lowest BCUT2D eigenvalue weighted by molar-refractivity contribution is 0.412. The summed E-state index contributed by atoms with van der Waals surface area (Å²) in [4.78, 5) is 6.29. The van der Waals surface area contributed by atoms with Crippen LogP contribution in [-0.2, 0) is 13.1 Å². The normalized spacial score (nSPS) is 10.4. The van der Waals surface area contributed by atoms with Crippen molar-refractivity contribution in [3.8, 4) is 0 Å². The SMILES string of the molecule is Cc1ccc(CN(Cc2ccncc2)C(=S)Nc2ccccc2C)cc1. The molecule has 0 saturated carbocycles. The third kappa shape index (κ3) is 4.90. The first-order valence-electron chi connectivity index (χ1n) is 8.68. The van der Waals surface area contributed by atoms with Gasteiger partial charge in [0.15, 0.2) is 5.11 Å². The minimum absolute atomic E-state index is 0.719. The van der Waals surface area contributed by atoms with E-state index >= 15 is 0 Å². The maximum absolute atomic E-state index is 5.74. The van der Waals surface area contributed by atoms with Crippen molar-refractivity contribution in [3.05, 3.63) is 95.3 Å². The molecule has 0 atom stereocenters. The predicted octanol–water partition coefficient (Wildman–Crippen LogP) is 5.10. The van der Waals surface area contributed by atoms with Gasteiger partial charge in [0.1, 0.15) is 0 Å². The van der Waals surface area contributed by atoms with Crippen molar-refractivity contribution in [1.29, 1.82) is 0 Å². The van der Waals surface area contributed by atoms with Crippen LogP contribution in [0.15, 0.2) is 73.1 Å². The van der Waals surface area contributed by atoms with Crippen molar-refractivity contribution in [2.24, 2.45) is 0 Å². The molecule has 1 aromatic heterocycles. The summed E-state index contributed by atoms with van der Waals surface area (Å²) >= 11 is 5.74. The van der Waals surface area contributed by atoms with Gasteiger partial charge in [0.2, 0.25) is 0 Å². The Morgan fingerprint density at radius 2 is 1.50 bits per heavy atom. The molecule has 0 aliphatic heterocycles. The minimum atomic E-state index is 0.719. The van der Waals surface area contributed by atoms with Crippen molar-refractivity contribution in [1.82, 2.24) is 9.88 Å². The Labute approximate surface area is 160 Å². The Balaban J connectivity index is 1.80. The maximum atomic E-state index is 5.74. The number of aromatic nitrogens is 1. The highest BCUT2D eigenvalue weighted by atomic mass is 32.1. The van der Waals surface area contributed by atoms with Gasteiger partial charge in [-0.3, -0.25) is 4.98 Å². The molecule has 0 saturated heterocycles. The van der Waals surface area contributed by atoms with Gasteiger partial charge in [0.25, 0.3) is 0 Å². The van der Waals surface area contributed by atoms with Crippen molar-refractivity contribution in [3.63, 3.8) is 0 Å². The van der Waals surface area contributed by atoms with Crippen molar-refractivity contribution in [2.75, 3.05) is 5.32 Å². The molecule has 1 N–H and O–H groups in total. The van der Waals surface area contributed by atoms with E-state index in [0.29, 0.717) is 0 Å². The van der Waals surface area contributed by atoms with Crippen LogP contribution in [0.4, 0.5) is 5.69 Å². The number of anilines is 1. The number of hydrogen-bond acceptors (Lipinski definition) is 2. The van der Waals surface area contributed by atoms with Gasteiger partial charge in [-0.25, -0.2) is 0 Å². The van der Waals surface area contributed by atoms with Crippen LogP contribution in [0.1, 0.15) is 22.3 Å². The zero-order valence-electron chi connectivity index (χ0n) is 15.1. The molecule has 0 amide bonds. The molecule has 0 radical (unpaired) electrons. The van der Waals surface area contributed by atoms with Gasteiger partial charge >= 0.3 is 0 Å². The quantitative estimate of drug-likeness (QED) is 0.640. The van der Waals surface area contributed by atoms with Gasteiger partial charge in [-0.2, -0.15) is 0 Å². The molecule has 3 nitrogen and oxygen atoms in total. The lowest BCUT2D eigenvalue weighted by Gasteiger charge is -2.27. The Hall–Kier alpha value is -2.72. The zero-order chi connectivity index (χ0) is 18.4. The highest BCUT2D eigenvalue weighted by molar-refractivity contribution is 7.80. The van der Waals surface area contributed by atoms with E-state index in [1.54, 1.807) is 0 Å². The molecule has 0 spiro atoms. The van der Waals surface area contributed by atoms with Gasteiger partial charge in [-0.15, -0.1) is 0 Å². The van der Waals surface area contributed by atoms with Crippen LogP contribution in [0.25, 0.3) is 0 Å². The number of benzene rings is 2. The first kappa shape index (κ1) is 18.1. The summed E-state index contributed by atoms with van der Waals surface area (Å²) in [5, 5.41) is 4.12. The largest absolute Gasteiger partial charge is 0.340 e. The van der Waals surface area contributed by atoms with Crippen LogP contribution < -0.4 is 5.32 Å². The molecule has 132 valence electrons. The lowest BCUT2D eigenvalue weighted by Crippen LogP contribution is -2.34. The average Bonchev–Trinajstić information content (AvgIpc) is 2.65. The molecule has 0 aliphatic carbocycles. The van der Waals surface area contributed by atoms with Crippen LogP contribution in [0.5, 0.6) is 0 Å². The third-order valence-electron chi connectivity index (χ3n) is 4.29. The number of nitrogens with one attached hydrogen (secondary N) is 1. The van der Waals surface area contributed by atoms with E-state index < -0.39 is 0 Å². The van der Waals surface area contributed by atoms with Gasteiger partial charge in [-0.05, 0) is 61.0 Å². The number of aryl methyl sites for hydroxylation is 2. The Kier molecular flexibility index (Phi) is 5.97. The summed E-state index contributed by atoms with van der Waals surface area (Å²) in [6, 6.07) is 20.8. The topological polar surface area (TPSA) is 28.2 Å². The van der Waals surface area contributed by atoms with Crippen molar-refractivity contribution >= 4 is 23.0 Å². The second kappa shape index (κ2) is 8.59. The van der Waals surface area contributed by atoms with Gasteiger partial charge < -0.3 is 10.2 Å². The molecule has 3 aromatic rings. The molecular weight excluding hydrogens is 338 g/mol. The fraction of sp³-hybridized carbons (Fsp3) is 0.182. The number of para-hydroxylation sites is 1. The van der Waals surface area contributed by atoms with Crippen LogP contribution in [0.3, 0.4) is 0 Å². The van der Waals surface area contributed by atoms with E-state index in [0.717, 1.165) is 23.9 Å². The first-order valence-corrected chi connectivity index (χ1v) is 9.08. The average molecular weight is 362 g/mol. The monoisotopic (exact) mass is 361 g/mol. The smallest absolute Gasteiger partial charge is 0.174 e. The number of hydrogen-bond donors (Lipinski definition) is 1. The van der Waals surface area contributed by atoms with E-state index in [9.17, 15) is 0 Å². The van der Waals surface area contributed by atoms with Crippen LogP contribution >= 0.6 is 12.2 Å². The molecule has 3 rings (SSSR count). The summed E-state index contributed by atoms with van der Waals surface area (Å²) in [6.45, 7) is 5.66. The maximum Gasteiger partial charge on any atom is 0.174 e. The van der Waals surface area contributed by atoms with Crippen LogP contribution in [0.2, 0.25) is 0 Å². The van der Waals surface area contributed by atoms with Gasteiger partial charge in [-0.1, -0.05) is 48.0 Å². The molecule has 2 aromatic carbocycles. The van der Waals surface area contributed by atoms with E-state index in [1.807, 2.05) is 36.7 Å². The standard InChI is InChI=1S/C22H23N3S/c1-17-7-9-19(10-8-17)15-25(16-20-11-13-23-14-12-20)22(26)24-21-6-4-3-5-18(21)2/h3-14H,15-16H2,1-2H3,(H,24,26). The van der Waals surface area contributed by atoms with E-state index in [2.05, 4.69) is 65.4 Å². The second-order valence-electron chi connectivity index (χ2n) is 6.44. The first-order chi connectivity index (χ1) is 12.6. The molecular formula is C22H23N3S. The van der Waals surface area contributed by atoms with Crippen molar-refractivity contribution in [2.45, 2.75) is 26.9 Å². The summed E-state index contributed by atoms with van der Waals surface area (Å²) in [7, 11) is 0. The van der Waals surface area contributed by atoms with E-state index in [4.69, 9.17) is 12.2 Å².